The second kappa shape index (κ2) is 10.7. The number of nitrogens with one attached hydrogen (secondary N) is 2. The van der Waals surface area contributed by atoms with E-state index in [1.165, 1.54) is 25.9 Å². The summed E-state index contributed by atoms with van der Waals surface area (Å²) < 4.78 is 0. The molecule has 0 amide bonds. The lowest BCUT2D eigenvalue weighted by Crippen LogP contribution is -2.42. The van der Waals surface area contributed by atoms with Gasteiger partial charge in [0, 0.05) is 19.6 Å². The first-order valence-electron chi connectivity index (χ1n) is 7.32. The van der Waals surface area contributed by atoms with Crippen LogP contribution in [0.4, 0.5) is 0 Å². The van der Waals surface area contributed by atoms with E-state index >= 15 is 0 Å². The normalized spacial score (nSPS) is 18.3. The maximum Gasteiger partial charge on any atom is 0.191 e. The minimum absolute atomic E-state index is 0. The van der Waals surface area contributed by atoms with Crippen molar-refractivity contribution in [2.45, 2.75) is 33.6 Å². The molecule has 1 fully saturated rings. The summed E-state index contributed by atoms with van der Waals surface area (Å²) in [5.74, 6) is 2.39. The van der Waals surface area contributed by atoms with Crippen LogP contribution in [-0.4, -0.2) is 50.6 Å². The first-order valence-corrected chi connectivity index (χ1v) is 7.32. The largest absolute Gasteiger partial charge is 0.357 e. The standard InChI is InChI=1S/C14H30N4.HI/c1-5-15-14(16-10-12(2)3)17-11-13-6-8-18(4)9-7-13;/h12-13H,5-11H2,1-4H3,(H2,15,16,17);1H. The molecule has 0 spiro atoms. The maximum atomic E-state index is 4.60. The van der Waals surface area contributed by atoms with Gasteiger partial charge in [-0.2, -0.15) is 0 Å². The molecular formula is C14H31IN4. The SMILES string of the molecule is CCNC(=NCC(C)C)NCC1CCN(C)CC1.I. The summed E-state index contributed by atoms with van der Waals surface area (Å²) in [6.45, 7) is 11.8. The number of hydrogen-bond acceptors (Lipinski definition) is 2. The van der Waals surface area contributed by atoms with Crippen LogP contribution in [0.1, 0.15) is 33.6 Å². The predicted octanol–water partition coefficient (Wildman–Crippen LogP) is 2.16. The summed E-state index contributed by atoms with van der Waals surface area (Å²) in [4.78, 5) is 7.01. The van der Waals surface area contributed by atoms with Crippen LogP contribution in [0, 0.1) is 11.8 Å². The third-order valence-corrected chi connectivity index (χ3v) is 3.36. The van der Waals surface area contributed by atoms with Gasteiger partial charge >= 0.3 is 0 Å². The van der Waals surface area contributed by atoms with Gasteiger partial charge < -0.3 is 15.5 Å². The Kier molecular flexibility index (Phi) is 10.7. The van der Waals surface area contributed by atoms with E-state index in [0.717, 1.165) is 31.5 Å². The Hall–Kier alpha value is -0.0400. The van der Waals surface area contributed by atoms with Gasteiger partial charge in [-0.25, -0.2) is 0 Å². The Morgan fingerprint density at radius 2 is 1.89 bits per heavy atom. The molecule has 0 unspecified atom stereocenters. The van der Waals surface area contributed by atoms with Crippen molar-refractivity contribution in [2.24, 2.45) is 16.8 Å². The van der Waals surface area contributed by atoms with Crippen LogP contribution in [0.5, 0.6) is 0 Å². The van der Waals surface area contributed by atoms with E-state index in [9.17, 15) is 0 Å². The third kappa shape index (κ3) is 8.68. The summed E-state index contributed by atoms with van der Waals surface area (Å²) >= 11 is 0. The highest BCUT2D eigenvalue weighted by molar-refractivity contribution is 14.0. The highest BCUT2D eigenvalue weighted by Crippen LogP contribution is 2.14. The van der Waals surface area contributed by atoms with Crippen LogP contribution < -0.4 is 10.6 Å². The summed E-state index contributed by atoms with van der Waals surface area (Å²) in [6, 6.07) is 0. The molecule has 0 atom stereocenters. The number of likely N-dealkylation sites (tertiary alicyclic amines) is 1. The number of rotatable bonds is 5. The Balaban J connectivity index is 0.00000324. The minimum Gasteiger partial charge on any atom is -0.357 e. The van der Waals surface area contributed by atoms with Crippen molar-refractivity contribution in [3.8, 4) is 0 Å². The van der Waals surface area contributed by atoms with Gasteiger partial charge in [-0.15, -0.1) is 24.0 Å². The van der Waals surface area contributed by atoms with Crippen LogP contribution in [0.2, 0.25) is 0 Å². The molecule has 114 valence electrons. The van der Waals surface area contributed by atoms with Crippen LogP contribution in [0.15, 0.2) is 4.99 Å². The van der Waals surface area contributed by atoms with Crippen molar-refractivity contribution < 1.29 is 0 Å². The van der Waals surface area contributed by atoms with E-state index < -0.39 is 0 Å². The van der Waals surface area contributed by atoms with Crippen molar-refractivity contribution in [1.29, 1.82) is 0 Å². The molecule has 0 aromatic rings. The fourth-order valence-electron chi connectivity index (χ4n) is 2.12. The predicted molar refractivity (Wildman–Crippen MR) is 94.5 cm³/mol. The molecule has 0 aromatic carbocycles. The molecule has 1 rings (SSSR count). The molecule has 1 aliphatic rings. The van der Waals surface area contributed by atoms with Gasteiger partial charge in [-0.3, -0.25) is 4.99 Å². The lowest BCUT2D eigenvalue weighted by atomic mass is 9.97. The molecule has 1 aliphatic heterocycles. The summed E-state index contributed by atoms with van der Waals surface area (Å²) in [5, 5.41) is 6.80. The lowest BCUT2D eigenvalue weighted by molar-refractivity contribution is 0.220. The molecule has 5 heteroatoms. The van der Waals surface area contributed by atoms with Crippen molar-refractivity contribution in [1.82, 2.24) is 15.5 Å². The molecule has 1 heterocycles. The zero-order valence-electron chi connectivity index (χ0n) is 12.9. The summed E-state index contributed by atoms with van der Waals surface area (Å²) in [5.41, 5.74) is 0. The molecule has 4 nitrogen and oxygen atoms in total. The maximum absolute atomic E-state index is 4.60. The van der Waals surface area contributed by atoms with Crippen molar-refractivity contribution in [2.75, 3.05) is 39.8 Å². The third-order valence-electron chi connectivity index (χ3n) is 3.36. The van der Waals surface area contributed by atoms with Gasteiger partial charge in [-0.1, -0.05) is 13.8 Å². The Morgan fingerprint density at radius 1 is 1.26 bits per heavy atom. The molecule has 2 N–H and O–H groups in total. The molecular weight excluding hydrogens is 351 g/mol. The Morgan fingerprint density at radius 3 is 2.42 bits per heavy atom. The van der Waals surface area contributed by atoms with E-state index in [-0.39, 0.29) is 24.0 Å². The molecule has 1 saturated heterocycles. The average molecular weight is 382 g/mol. The second-order valence-electron chi connectivity index (χ2n) is 5.74. The van der Waals surface area contributed by atoms with Crippen molar-refractivity contribution in [3.05, 3.63) is 0 Å². The number of nitrogens with zero attached hydrogens (tertiary/aromatic N) is 2. The number of aliphatic imine (C=N–C) groups is 1. The minimum atomic E-state index is 0. The summed E-state index contributed by atoms with van der Waals surface area (Å²) in [7, 11) is 2.21. The molecule has 19 heavy (non-hydrogen) atoms. The highest BCUT2D eigenvalue weighted by Gasteiger charge is 2.16. The van der Waals surface area contributed by atoms with Crippen LogP contribution in [-0.2, 0) is 0 Å². The Bertz CT molecular complexity index is 248. The number of hydrogen-bond donors (Lipinski definition) is 2. The van der Waals surface area contributed by atoms with E-state index in [1.807, 2.05) is 0 Å². The van der Waals surface area contributed by atoms with Crippen LogP contribution in [0.3, 0.4) is 0 Å². The molecule has 0 saturated carbocycles. The monoisotopic (exact) mass is 382 g/mol. The van der Waals surface area contributed by atoms with Gasteiger partial charge in [0.2, 0.25) is 0 Å². The first-order chi connectivity index (χ1) is 8.61. The van der Waals surface area contributed by atoms with Gasteiger partial charge in [0.1, 0.15) is 0 Å². The fourth-order valence-corrected chi connectivity index (χ4v) is 2.12. The topological polar surface area (TPSA) is 39.7 Å². The van der Waals surface area contributed by atoms with Gasteiger partial charge in [-0.05, 0) is 51.7 Å². The Labute approximate surface area is 135 Å². The number of piperidine rings is 1. The van der Waals surface area contributed by atoms with Gasteiger partial charge in [0.25, 0.3) is 0 Å². The van der Waals surface area contributed by atoms with Gasteiger partial charge in [0.15, 0.2) is 5.96 Å². The first kappa shape index (κ1) is 19.0. The van der Waals surface area contributed by atoms with Crippen LogP contribution >= 0.6 is 24.0 Å². The summed E-state index contributed by atoms with van der Waals surface area (Å²) in [6.07, 6.45) is 2.60. The zero-order chi connectivity index (χ0) is 13.4. The quantitative estimate of drug-likeness (QED) is 0.435. The number of guanidine groups is 1. The van der Waals surface area contributed by atoms with Crippen molar-refractivity contribution in [3.63, 3.8) is 0 Å². The average Bonchev–Trinajstić information content (AvgIpc) is 2.34. The molecule has 0 aromatic heterocycles. The molecule has 0 radical (unpaired) electrons. The van der Waals surface area contributed by atoms with Crippen molar-refractivity contribution >= 4 is 29.9 Å². The van der Waals surface area contributed by atoms with Gasteiger partial charge in [0.05, 0.1) is 0 Å². The smallest absolute Gasteiger partial charge is 0.191 e. The second-order valence-corrected chi connectivity index (χ2v) is 5.74. The molecule has 0 bridgehead atoms. The molecule has 0 aliphatic carbocycles. The van der Waals surface area contributed by atoms with E-state index in [1.54, 1.807) is 0 Å². The lowest BCUT2D eigenvalue weighted by Gasteiger charge is -2.29. The van der Waals surface area contributed by atoms with E-state index in [4.69, 9.17) is 0 Å². The highest BCUT2D eigenvalue weighted by atomic mass is 127. The van der Waals surface area contributed by atoms with E-state index in [0.29, 0.717) is 5.92 Å². The zero-order valence-corrected chi connectivity index (χ0v) is 15.2. The van der Waals surface area contributed by atoms with Crippen LogP contribution in [0.25, 0.3) is 0 Å². The number of halogens is 1. The fraction of sp³-hybridized carbons (Fsp3) is 0.929. The van der Waals surface area contributed by atoms with E-state index in [2.05, 4.69) is 48.3 Å².